The predicted octanol–water partition coefficient (Wildman–Crippen LogP) is 1.65. The van der Waals surface area contributed by atoms with E-state index in [4.69, 9.17) is 4.65 Å². The van der Waals surface area contributed by atoms with Gasteiger partial charge in [0.1, 0.15) is 0 Å². The molecule has 1 saturated carbocycles. The van der Waals surface area contributed by atoms with Gasteiger partial charge in [0.25, 0.3) is 8.05 Å². The highest BCUT2D eigenvalue weighted by atomic mass is 16.4. The molecule has 0 aromatic rings. The molecule has 4 unspecified atom stereocenters. The first-order chi connectivity index (χ1) is 5.59. The van der Waals surface area contributed by atoms with Crippen LogP contribution in [0.4, 0.5) is 0 Å². The Kier molecular flexibility index (Phi) is 3.00. The molecule has 1 fully saturated rings. The molecular weight excluding hydrogens is 147 g/mol. The van der Waals surface area contributed by atoms with Gasteiger partial charge in [-0.15, -0.1) is 0 Å². The number of rotatable bonds is 2. The van der Waals surface area contributed by atoms with Crippen LogP contribution in [0.15, 0.2) is 12.2 Å². The highest BCUT2D eigenvalue weighted by Crippen LogP contribution is 2.44. The van der Waals surface area contributed by atoms with Crippen LogP contribution in [0, 0.1) is 23.7 Å². The highest BCUT2D eigenvalue weighted by molar-refractivity contribution is 5.97. The maximum Gasteiger partial charge on any atom is 0.257 e. The molecule has 0 N–H and O–H groups in total. The van der Waals surface area contributed by atoms with E-state index in [1.165, 1.54) is 5.57 Å². The van der Waals surface area contributed by atoms with Gasteiger partial charge >= 0.3 is 0 Å². The second-order valence-corrected chi connectivity index (χ2v) is 4.14. The van der Waals surface area contributed by atoms with Crippen LogP contribution < -0.4 is 0 Å². The van der Waals surface area contributed by atoms with E-state index >= 15 is 0 Å². The molecule has 0 saturated heterocycles. The second kappa shape index (κ2) is 3.65. The molecule has 1 nitrogen and oxygen atoms in total. The van der Waals surface area contributed by atoms with Gasteiger partial charge < -0.3 is 4.65 Å². The van der Waals surface area contributed by atoms with Gasteiger partial charge in [-0.25, -0.2) is 0 Å². The van der Waals surface area contributed by atoms with Gasteiger partial charge in [-0.2, -0.15) is 0 Å². The average molecular weight is 166 g/mol. The zero-order valence-electron chi connectivity index (χ0n) is 8.63. The van der Waals surface area contributed by atoms with Crippen LogP contribution in [-0.2, 0) is 4.65 Å². The van der Waals surface area contributed by atoms with Crippen molar-refractivity contribution in [3.8, 4) is 0 Å². The molecule has 0 heterocycles. The molecule has 2 heteroatoms. The third-order valence-corrected chi connectivity index (χ3v) is 3.66. The van der Waals surface area contributed by atoms with Gasteiger partial charge in [0.15, 0.2) is 0 Å². The minimum atomic E-state index is 0.583. The lowest BCUT2D eigenvalue weighted by molar-refractivity contribution is 0.239. The molecule has 4 atom stereocenters. The SMILES string of the molecule is BOCC1C(=C)C(C)C(C)C1C. The quantitative estimate of drug-likeness (QED) is 0.447. The van der Waals surface area contributed by atoms with Gasteiger partial charge in [-0.1, -0.05) is 32.9 Å². The van der Waals surface area contributed by atoms with Crippen LogP contribution >= 0.6 is 0 Å². The van der Waals surface area contributed by atoms with Gasteiger partial charge in [0.05, 0.1) is 0 Å². The lowest BCUT2D eigenvalue weighted by atomic mass is 9.91. The van der Waals surface area contributed by atoms with Crippen LogP contribution in [0.3, 0.4) is 0 Å². The molecule has 0 radical (unpaired) electrons. The van der Waals surface area contributed by atoms with Crippen molar-refractivity contribution in [3.05, 3.63) is 12.2 Å². The maximum atomic E-state index is 5.20. The smallest absolute Gasteiger partial charge is 0.257 e. The molecule has 68 valence electrons. The molecule has 0 aromatic heterocycles. The van der Waals surface area contributed by atoms with E-state index in [0.717, 1.165) is 18.4 Å². The van der Waals surface area contributed by atoms with Crippen LogP contribution in [0.1, 0.15) is 20.8 Å². The lowest BCUT2D eigenvalue weighted by Gasteiger charge is -2.17. The summed E-state index contributed by atoms with van der Waals surface area (Å²) < 4.78 is 5.20. The molecule has 0 spiro atoms. The first-order valence-corrected chi connectivity index (χ1v) is 4.77. The average Bonchev–Trinajstić information content (AvgIpc) is 2.23. The van der Waals surface area contributed by atoms with Crippen molar-refractivity contribution < 1.29 is 4.65 Å². The Labute approximate surface area is 76.6 Å². The lowest BCUT2D eigenvalue weighted by Crippen LogP contribution is -2.15. The molecule has 0 aromatic carbocycles. The maximum absolute atomic E-state index is 5.20. The predicted molar refractivity (Wildman–Crippen MR) is 54.6 cm³/mol. The number of hydrogen-bond donors (Lipinski definition) is 0. The minimum Gasteiger partial charge on any atom is -0.443 e. The fraction of sp³-hybridized carbons (Fsp3) is 0.800. The van der Waals surface area contributed by atoms with E-state index in [2.05, 4.69) is 27.4 Å². The van der Waals surface area contributed by atoms with E-state index in [-0.39, 0.29) is 0 Å². The first kappa shape index (κ1) is 9.85. The highest BCUT2D eigenvalue weighted by Gasteiger charge is 2.37. The second-order valence-electron chi connectivity index (χ2n) is 4.14. The summed E-state index contributed by atoms with van der Waals surface area (Å²) in [7, 11) is 1.77. The fourth-order valence-corrected chi connectivity index (χ4v) is 2.27. The normalized spacial score (nSPS) is 42.1. The first-order valence-electron chi connectivity index (χ1n) is 4.77. The van der Waals surface area contributed by atoms with Crippen molar-refractivity contribution in [2.24, 2.45) is 23.7 Å². The molecule has 0 bridgehead atoms. The Morgan fingerprint density at radius 2 is 1.92 bits per heavy atom. The van der Waals surface area contributed by atoms with Crippen LogP contribution in [-0.4, -0.2) is 14.7 Å². The van der Waals surface area contributed by atoms with E-state index in [9.17, 15) is 0 Å². The summed E-state index contributed by atoms with van der Waals surface area (Å²) in [5.41, 5.74) is 1.39. The van der Waals surface area contributed by atoms with Gasteiger partial charge in [-0.3, -0.25) is 0 Å². The van der Waals surface area contributed by atoms with Crippen molar-refractivity contribution in [2.75, 3.05) is 6.61 Å². The van der Waals surface area contributed by atoms with Gasteiger partial charge in [0.2, 0.25) is 0 Å². The Morgan fingerprint density at radius 3 is 2.25 bits per heavy atom. The Hall–Kier alpha value is -0.235. The van der Waals surface area contributed by atoms with Crippen molar-refractivity contribution in [2.45, 2.75) is 20.8 Å². The topological polar surface area (TPSA) is 9.23 Å². The molecule has 1 aliphatic carbocycles. The Balaban J connectivity index is 2.69. The minimum absolute atomic E-state index is 0.583. The van der Waals surface area contributed by atoms with Gasteiger partial charge in [0, 0.05) is 12.5 Å². The summed E-state index contributed by atoms with van der Waals surface area (Å²) in [4.78, 5) is 0. The zero-order chi connectivity index (χ0) is 9.30. The molecule has 1 aliphatic rings. The van der Waals surface area contributed by atoms with Crippen molar-refractivity contribution in [1.82, 2.24) is 0 Å². The van der Waals surface area contributed by atoms with Crippen molar-refractivity contribution >= 4 is 8.05 Å². The molecule has 0 amide bonds. The van der Waals surface area contributed by atoms with Crippen molar-refractivity contribution in [1.29, 1.82) is 0 Å². The summed E-state index contributed by atoms with van der Waals surface area (Å²) in [5.74, 6) is 2.74. The van der Waals surface area contributed by atoms with E-state index in [1.54, 1.807) is 8.05 Å². The third kappa shape index (κ3) is 1.45. The molecule has 12 heavy (non-hydrogen) atoms. The van der Waals surface area contributed by atoms with Crippen molar-refractivity contribution in [3.63, 3.8) is 0 Å². The van der Waals surface area contributed by atoms with E-state index in [0.29, 0.717) is 11.8 Å². The summed E-state index contributed by atoms with van der Waals surface area (Å²) >= 11 is 0. The number of hydrogen-bond acceptors (Lipinski definition) is 1. The summed E-state index contributed by atoms with van der Waals surface area (Å²) in [5, 5.41) is 0. The summed E-state index contributed by atoms with van der Waals surface area (Å²) in [6.45, 7) is 11.9. The third-order valence-electron chi connectivity index (χ3n) is 3.66. The monoisotopic (exact) mass is 166 g/mol. The Morgan fingerprint density at radius 1 is 1.33 bits per heavy atom. The summed E-state index contributed by atoms with van der Waals surface area (Å²) in [6, 6.07) is 0. The van der Waals surface area contributed by atoms with Crippen LogP contribution in [0.5, 0.6) is 0 Å². The van der Waals surface area contributed by atoms with Crippen LogP contribution in [0.25, 0.3) is 0 Å². The largest absolute Gasteiger partial charge is 0.443 e. The molecular formula is C10H19BO. The molecule has 1 rings (SSSR count). The van der Waals surface area contributed by atoms with E-state index < -0.39 is 0 Å². The fourth-order valence-electron chi connectivity index (χ4n) is 2.27. The van der Waals surface area contributed by atoms with Gasteiger partial charge in [-0.05, 0) is 17.8 Å². The van der Waals surface area contributed by atoms with Crippen LogP contribution in [0.2, 0.25) is 0 Å². The zero-order valence-corrected chi connectivity index (χ0v) is 8.63. The standard InChI is InChI=1S/C10H19BO/c1-6-7(2)9(4)10(5-12-11)8(6)3/h6-7,9-10H,3,5,11H2,1-2,4H3. The summed E-state index contributed by atoms with van der Waals surface area (Å²) in [6.07, 6.45) is 0. The Bertz CT molecular complexity index is 179. The molecule has 0 aliphatic heterocycles. The van der Waals surface area contributed by atoms with E-state index in [1.807, 2.05) is 0 Å².